The molecule has 1 saturated heterocycles. The number of ether oxygens (including phenoxy) is 1. The maximum atomic E-state index is 12.1. The van der Waals surface area contributed by atoms with Crippen LogP contribution in [0.5, 0.6) is 0 Å². The second-order valence-corrected chi connectivity index (χ2v) is 6.91. The number of carbonyl (C=O) groups excluding carboxylic acids is 1. The monoisotopic (exact) mass is 317 g/mol. The minimum Gasteiger partial charge on any atom is -0.444 e. The van der Waals surface area contributed by atoms with E-state index < -0.39 is 5.60 Å². The first kappa shape index (κ1) is 15.6. The minimum absolute atomic E-state index is 0.224. The summed E-state index contributed by atoms with van der Waals surface area (Å²) >= 11 is 0. The van der Waals surface area contributed by atoms with Gasteiger partial charge in [-0.3, -0.25) is 0 Å². The lowest BCUT2D eigenvalue weighted by molar-refractivity contribution is 0.0289. The summed E-state index contributed by atoms with van der Waals surface area (Å²) in [7, 11) is 0. The molecule has 7 heteroatoms. The molecule has 3 heterocycles. The van der Waals surface area contributed by atoms with E-state index in [0.717, 1.165) is 37.5 Å². The van der Waals surface area contributed by atoms with Gasteiger partial charge in [-0.1, -0.05) is 0 Å². The number of nitrogens with zero attached hydrogens (tertiary/aromatic N) is 4. The predicted molar refractivity (Wildman–Crippen MR) is 87.4 cm³/mol. The summed E-state index contributed by atoms with van der Waals surface area (Å²) in [6, 6.07) is 3.85. The molecule has 124 valence electrons. The van der Waals surface area contributed by atoms with Gasteiger partial charge in [0, 0.05) is 32.0 Å². The van der Waals surface area contributed by atoms with E-state index in [1.807, 2.05) is 39.1 Å². The van der Waals surface area contributed by atoms with Crippen LogP contribution in [0.4, 0.5) is 10.6 Å². The van der Waals surface area contributed by atoms with Gasteiger partial charge in [-0.25, -0.2) is 14.3 Å². The van der Waals surface area contributed by atoms with Crippen molar-refractivity contribution in [2.45, 2.75) is 32.8 Å². The number of rotatable bonds is 3. The number of nitrogens with one attached hydrogen (secondary N) is 1. The summed E-state index contributed by atoms with van der Waals surface area (Å²) in [5.74, 6) is 1.22. The summed E-state index contributed by atoms with van der Waals surface area (Å²) in [6.07, 6.45) is 4.29. The van der Waals surface area contributed by atoms with E-state index in [4.69, 9.17) is 4.74 Å². The van der Waals surface area contributed by atoms with Gasteiger partial charge >= 0.3 is 6.09 Å². The summed E-state index contributed by atoms with van der Waals surface area (Å²) in [5.41, 5.74) is 0.380. The lowest BCUT2D eigenvalue weighted by Crippen LogP contribution is -2.35. The Morgan fingerprint density at radius 2 is 2.26 bits per heavy atom. The molecule has 1 amide bonds. The fraction of sp³-hybridized carbons (Fsp3) is 0.562. The summed E-state index contributed by atoms with van der Waals surface area (Å²) in [5, 5.41) is 7.77. The van der Waals surface area contributed by atoms with Gasteiger partial charge in [0.15, 0.2) is 5.65 Å². The van der Waals surface area contributed by atoms with E-state index in [2.05, 4.69) is 15.4 Å². The highest BCUT2D eigenvalue weighted by molar-refractivity contribution is 5.68. The van der Waals surface area contributed by atoms with Crippen LogP contribution in [-0.4, -0.2) is 50.8 Å². The molecule has 23 heavy (non-hydrogen) atoms. The van der Waals surface area contributed by atoms with Crippen LogP contribution < -0.4 is 5.32 Å². The Hall–Kier alpha value is -2.31. The molecule has 3 rings (SSSR count). The number of hydrogen-bond acceptors (Lipinski definition) is 5. The van der Waals surface area contributed by atoms with Gasteiger partial charge in [-0.15, -0.1) is 5.10 Å². The smallest absolute Gasteiger partial charge is 0.410 e. The molecule has 1 aliphatic heterocycles. The number of imidazole rings is 1. The molecule has 0 bridgehead atoms. The zero-order chi connectivity index (χ0) is 16.4. The number of carbonyl (C=O) groups is 1. The van der Waals surface area contributed by atoms with Gasteiger partial charge in [-0.2, -0.15) is 0 Å². The molecule has 2 aromatic heterocycles. The van der Waals surface area contributed by atoms with Crippen molar-refractivity contribution in [3.05, 3.63) is 24.5 Å². The van der Waals surface area contributed by atoms with Crippen LogP contribution in [0.1, 0.15) is 27.2 Å². The summed E-state index contributed by atoms with van der Waals surface area (Å²) < 4.78 is 7.16. The molecule has 0 saturated carbocycles. The van der Waals surface area contributed by atoms with Crippen LogP contribution in [-0.2, 0) is 4.74 Å². The van der Waals surface area contributed by atoms with Crippen molar-refractivity contribution in [1.82, 2.24) is 19.5 Å². The van der Waals surface area contributed by atoms with Crippen molar-refractivity contribution in [1.29, 1.82) is 0 Å². The van der Waals surface area contributed by atoms with E-state index in [0.29, 0.717) is 5.92 Å². The molecular formula is C16H23N5O2. The van der Waals surface area contributed by atoms with Crippen LogP contribution in [0.25, 0.3) is 5.65 Å². The molecule has 1 N–H and O–H groups in total. The van der Waals surface area contributed by atoms with Gasteiger partial charge in [0.1, 0.15) is 11.4 Å². The van der Waals surface area contributed by atoms with E-state index in [1.54, 1.807) is 15.6 Å². The molecular weight excluding hydrogens is 294 g/mol. The van der Waals surface area contributed by atoms with Crippen LogP contribution in [0, 0.1) is 5.92 Å². The fourth-order valence-electron chi connectivity index (χ4n) is 2.65. The van der Waals surface area contributed by atoms with Gasteiger partial charge in [0.2, 0.25) is 0 Å². The SMILES string of the molecule is CC(C)(C)OC(=O)N1CC[C@@H](CNc2ccc3nccn3n2)C1. The topological polar surface area (TPSA) is 71.8 Å². The van der Waals surface area contributed by atoms with Crippen LogP contribution >= 0.6 is 0 Å². The van der Waals surface area contributed by atoms with Crippen LogP contribution in [0.3, 0.4) is 0 Å². The number of anilines is 1. The number of aromatic nitrogens is 3. The average molecular weight is 317 g/mol. The van der Waals surface area contributed by atoms with Crippen molar-refractivity contribution in [3.63, 3.8) is 0 Å². The summed E-state index contributed by atoms with van der Waals surface area (Å²) in [6.45, 7) is 7.91. The van der Waals surface area contributed by atoms with Crippen molar-refractivity contribution in [3.8, 4) is 0 Å². The highest BCUT2D eigenvalue weighted by atomic mass is 16.6. The maximum absolute atomic E-state index is 12.1. The van der Waals surface area contributed by atoms with Crippen LogP contribution in [0.2, 0.25) is 0 Å². The van der Waals surface area contributed by atoms with E-state index in [9.17, 15) is 4.79 Å². The van der Waals surface area contributed by atoms with Gasteiger partial charge in [-0.05, 0) is 45.2 Å². The minimum atomic E-state index is -0.447. The molecule has 0 radical (unpaired) electrons. The quantitative estimate of drug-likeness (QED) is 0.941. The average Bonchev–Trinajstić information content (AvgIpc) is 3.12. The Morgan fingerprint density at radius 3 is 3.04 bits per heavy atom. The third kappa shape index (κ3) is 3.91. The molecule has 0 unspecified atom stereocenters. The first-order chi connectivity index (χ1) is 10.9. The summed E-state index contributed by atoms with van der Waals surface area (Å²) in [4.78, 5) is 18.0. The molecule has 1 atom stereocenters. The maximum Gasteiger partial charge on any atom is 0.410 e. The highest BCUT2D eigenvalue weighted by Gasteiger charge is 2.29. The Balaban J connectivity index is 1.51. The lowest BCUT2D eigenvalue weighted by Gasteiger charge is -2.24. The first-order valence-electron chi connectivity index (χ1n) is 7.93. The highest BCUT2D eigenvalue weighted by Crippen LogP contribution is 2.20. The molecule has 0 spiro atoms. The fourth-order valence-corrected chi connectivity index (χ4v) is 2.65. The molecule has 7 nitrogen and oxygen atoms in total. The number of hydrogen-bond donors (Lipinski definition) is 1. The van der Waals surface area contributed by atoms with Gasteiger partial charge in [0.05, 0.1) is 0 Å². The normalized spacial score (nSPS) is 18.4. The van der Waals surface area contributed by atoms with Crippen LogP contribution in [0.15, 0.2) is 24.5 Å². The molecule has 1 aliphatic rings. The number of amides is 1. The first-order valence-corrected chi connectivity index (χ1v) is 7.93. The van der Waals surface area contributed by atoms with Crippen molar-refractivity contribution < 1.29 is 9.53 Å². The largest absolute Gasteiger partial charge is 0.444 e. The van der Waals surface area contributed by atoms with Crippen molar-refractivity contribution in [2.75, 3.05) is 25.0 Å². The Bertz CT molecular complexity index is 691. The molecule has 1 fully saturated rings. The second-order valence-electron chi connectivity index (χ2n) is 6.91. The van der Waals surface area contributed by atoms with Gasteiger partial charge in [0.25, 0.3) is 0 Å². The Morgan fingerprint density at radius 1 is 1.43 bits per heavy atom. The van der Waals surface area contributed by atoms with Gasteiger partial charge < -0.3 is 15.0 Å². The van der Waals surface area contributed by atoms with E-state index in [-0.39, 0.29) is 6.09 Å². The second kappa shape index (κ2) is 6.06. The zero-order valence-electron chi connectivity index (χ0n) is 13.8. The number of fused-ring (bicyclic) bond motifs is 1. The van der Waals surface area contributed by atoms with E-state index in [1.165, 1.54) is 0 Å². The third-order valence-corrected chi connectivity index (χ3v) is 3.76. The van der Waals surface area contributed by atoms with Crippen molar-refractivity contribution >= 4 is 17.6 Å². The molecule has 2 aromatic rings. The third-order valence-electron chi connectivity index (χ3n) is 3.76. The Labute approximate surface area is 135 Å². The van der Waals surface area contributed by atoms with Crippen molar-refractivity contribution in [2.24, 2.45) is 5.92 Å². The standard InChI is InChI=1S/C16H23N5O2/c1-16(2,3)23-15(22)20-8-6-12(11-20)10-18-13-4-5-14-17-7-9-21(14)19-13/h4-5,7,9,12H,6,8,10-11H2,1-3H3,(H,18,19)/t12-/m0/s1. The number of likely N-dealkylation sites (tertiary alicyclic amines) is 1. The molecule has 0 aliphatic carbocycles. The predicted octanol–water partition coefficient (Wildman–Crippen LogP) is 2.40. The molecule has 0 aromatic carbocycles. The van der Waals surface area contributed by atoms with E-state index >= 15 is 0 Å². The Kier molecular flexibility index (Phi) is 4.11. The lowest BCUT2D eigenvalue weighted by atomic mass is 10.1. The zero-order valence-corrected chi connectivity index (χ0v) is 13.8.